The second kappa shape index (κ2) is 13.6. The Morgan fingerprint density at radius 1 is 0.660 bits per heavy atom. The first kappa shape index (κ1) is 34.2. The molecule has 1 N–H and O–H groups in total. The van der Waals surface area contributed by atoms with Crippen LogP contribution in [0.25, 0.3) is 0 Å². The van der Waals surface area contributed by atoms with Crippen LogP contribution < -0.4 is 24.4 Å². The molecule has 1 unspecified atom stereocenters. The quantitative estimate of drug-likeness (QED) is 0.149. The molecule has 8 heteroatoms. The van der Waals surface area contributed by atoms with Gasteiger partial charge in [-0.15, -0.1) is 0 Å². The molecule has 2 heterocycles. The number of halogens is 1. The summed E-state index contributed by atoms with van der Waals surface area (Å²) in [4.78, 5) is 15.8. The minimum Gasteiger partial charge on any atom is -0.491 e. The van der Waals surface area contributed by atoms with Gasteiger partial charge in [-0.2, -0.15) is 0 Å². The Morgan fingerprint density at radius 2 is 1.25 bits per heavy atom. The molecule has 53 heavy (non-hydrogen) atoms. The second-order valence-electron chi connectivity index (χ2n) is 13.9. The third-order valence-corrected chi connectivity index (χ3v) is 9.61. The maximum atomic E-state index is 13.6. The van der Waals surface area contributed by atoms with Gasteiger partial charge in [0.1, 0.15) is 23.0 Å². The minimum atomic E-state index is -1.24. The first-order chi connectivity index (χ1) is 25.6. The molecule has 6 aromatic carbocycles. The van der Waals surface area contributed by atoms with Crippen LogP contribution >= 0.6 is 11.6 Å². The Bertz CT molecular complexity index is 2270. The maximum absolute atomic E-state index is 13.6. The number of fused-ring (bicyclic) bond motifs is 6. The summed E-state index contributed by atoms with van der Waals surface area (Å²) in [6.45, 7) is 10.1. The number of benzene rings is 6. The van der Waals surface area contributed by atoms with Gasteiger partial charge in [0.15, 0.2) is 5.60 Å². The molecule has 0 saturated carbocycles. The molecule has 1 atom stereocenters. The number of carbonyl (C=O) groups excluding carboxylic acids is 1. The molecule has 0 fully saturated rings. The van der Waals surface area contributed by atoms with E-state index >= 15 is 0 Å². The van der Waals surface area contributed by atoms with E-state index in [-0.39, 0.29) is 18.2 Å². The van der Waals surface area contributed by atoms with Crippen molar-refractivity contribution in [2.45, 2.75) is 52.4 Å². The third kappa shape index (κ3) is 6.31. The zero-order chi connectivity index (χ0) is 36.9. The van der Waals surface area contributed by atoms with Crippen molar-refractivity contribution in [2.24, 2.45) is 0 Å². The van der Waals surface area contributed by atoms with E-state index in [9.17, 15) is 4.79 Å². The molecule has 266 valence electrons. The van der Waals surface area contributed by atoms with Gasteiger partial charge in [0.25, 0.3) is 0 Å². The lowest BCUT2D eigenvalue weighted by atomic mass is 9.77. The highest BCUT2D eigenvalue weighted by molar-refractivity contribution is 6.30. The number of rotatable bonds is 9. The summed E-state index contributed by atoms with van der Waals surface area (Å²) in [5.41, 5.74) is 6.92. The summed E-state index contributed by atoms with van der Waals surface area (Å²) in [5, 5.41) is 4.18. The van der Waals surface area contributed by atoms with Gasteiger partial charge < -0.3 is 29.2 Å². The van der Waals surface area contributed by atoms with Crippen molar-refractivity contribution in [2.75, 3.05) is 10.2 Å². The van der Waals surface area contributed by atoms with Crippen LogP contribution in [-0.2, 0) is 10.3 Å². The second-order valence-corrected chi connectivity index (χ2v) is 14.3. The van der Waals surface area contributed by atoms with Crippen molar-refractivity contribution < 1.29 is 23.7 Å². The predicted octanol–water partition coefficient (Wildman–Crippen LogP) is 12.0. The Labute approximate surface area is 314 Å². The van der Waals surface area contributed by atoms with Crippen LogP contribution in [0.4, 0.5) is 28.4 Å². The van der Waals surface area contributed by atoms with Crippen LogP contribution in [0, 0.1) is 6.92 Å². The molecule has 1 spiro atoms. The zero-order valence-electron chi connectivity index (χ0n) is 30.1. The summed E-state index contributed by atoms with van der Waals surface area (Å²) in [5.74, 6) is 2.39. The number of aryl methyl sites for hydroxylation is 1. The summed E-state index contributed by atoms with van der Waals surface area (Å²) in [7, 11) is 0. The number of anilines is 5. The monoisotopic (exact) mass is 722 g/mol. The molecule has 7 nitrogen and oxygen atoms in total. The van der Waals surface area contributed by atoms with Gasteiger partial charge in [-0.25, -0.2) is 4.79 Å². The third-order valence-electron chi connectivity index (χ3n) is 9.36. The van der Waals surface area contributed by atoms with Gasteiger partial charge >= 0.3 is 5.97 Å². The zero-order valence-corrected chi connectivity index (χ0v) is 30.9. The summed E-state index contributed by atoms with van der Waals surface area (Å²) >= 11 is 6.17. The SMILES string of the molecule is Cc1cc2c(cc1Nc1ccc(Cl)cc1)C1(OC(=O)c3ccccc31)c1ccc(N(c3ccc(OC(C)C)cc3)c3ccc(OC(C)C)cc3)cc1O2. The minimum absolute atomic E-state index is 0.0567. The summed E-state index contributed by atoms with van der Waals surface area (Å²) in [6, 6.07) is 41.3. The van der Waals surface area contributed by atoms with Crippen molar-refractivity contribution in [1.82, 2.24) is 0 Å². The Balaban J connectivity index is 1.27. The van der Waals surface area contributed by atoms with Crippen LogP contribution in [0.15, 0.2) is 127 Å². The van der Waals surface area contributed by atoms with Crippen LogP contribution in [0.2, 0.25) is 5.02 Å². The van der Waals surface area contributed by atoms with Gasteiger partial charge in [-0.05, 0) is 143 Å². The average Bonchev–Trinajstić information content (AvgIpc) is 3.43. The number of nitrogens with zero attached hydrogens (tertiary/aromatic N) is 1. The van der Waals surface area contributed by atoms with Crippen molar-refractivity contribution in [3.05, 3.63) is 160 Å². The van der Waals surface area contributed by atoms with Gasteiger partial charge in [-0.3, -0.25) is 0 Å². The smallest absolute Gasteiger partial charge is 0.340 e. The molecule has 0 saturated heterocycles. The van der Waals surface area contributed by atoms with E-state index in [4.69, 9.17) is 30.5 Å². The van der Waals surface area contributed by atoms with E-state index < -0.39 is 5.60 Å². The Kier molecular flexibility index (Phi) is 8.75. The molecular formula is C45H39ClN2O5. The van der Waals surface area contributed by atoms with E-state index in [1.807, 2.05) is 162 Å². The molecular weight excluding hydrogens is 684 g/mol. The highest BCUT2D eigenvalue weighted by atomic mass is 35.5. The van der Waals surface area contributed by atoms with E-state index in [1.54, 1.807) is 0 Å². The van der Waals surface area contributed by atoms with Gasteiger partial charge in [0.2, 0.25) is 0 Å². The van der Waals surface area contributed by atoms with Crippen molar-refractivity contribution in [1.29, 1.82) is 0 Å². The summed E-state index contributed by atoms with van der Waals surface area (Å²) < 4.78 is 25.3. The van der Waals surface area contributed by atoms with Crippen molar-refractivity contribution >= 4 is 46.0 Å². The molecule has 0 bridgehead atoms. The lowest BCUT2D eigenvalue weighted by Gasteiger charge is -2.38. The van der Waals surface area contributed by atoms with Crippen LogP contribution in [0.5, 0.6) is 23.0 Å². The fraction of sp³-hybridized carbons (Fsp3) is 0.178. The molecule has 2 aliphatic heterocycles. The summed E-state index contributed by atoms with van der Waals surface area (Å²) in [6.07, 6.45) is 0.113. The normalized spacial score (nSPS) is 15.4. The van der Waals surface area contributed by atoms with Crippen molar-refractivity contribution in [3.8, 4) is 23.0 Å². The Hall–Kier alpha value is -5.92. The first-order valence-corrected chi connectivity index (χ1v) is 18.1. The van der Waals surface area contributed by atoms with E-state index in [0.29, 0.717) is 22.1 Å². The highest BCUT2D eigenvalue weighted by Crippen LogP contribution is 2.58. The molecule has 6 aromatic rings. The lowest BCUT2D eigenvalue weighted by molar-refractivity contribution is 0.0224. The van der Waals surface area contributed by atoms with Gasteiger partial charge in [0, 0.05) is 56.2 Å². The largest absolute Gasteiger partial charge is 0.491 e. The number of hydrogen-bond acceptors (Lipinski definition) is 7. The van der Waals surface area contributed by atoms with E-state index in [2.05, 4.69) is 10.2 Å². The predicted molar refractivity (Wildman–Crippen MR) is 210 cm³/mol. The van der Waals surface area contributed by atoms with E-state index in [0.717, 1.165) is 62.2 Å². The maximum Gasteiger partial charge on any atom is 0.340 e. The Morgan fingerprint density at radius 3 is 1.87 bits per heavy atom. The molecule has 8 rings (SSSR count). The lowest BCUT2D eigenvalue weighted by Crippen LogP contribution is -2.33. The van der Waals surface area contributed by atoms with Crippen LogP contribution in [-0.4, -0.2) is 18.2 Å². The van der Waals surface area contributed by atoms with Crippen LogP contribution in [0.3, 0.4) is 0 Å². The standard InChI is InChI=1S/C45H39ClN2O5/c1-27(2)50-35-19-14-32(15-20-35)48(33-16-21-36(22-17-33)51-28(3)4)34-18-23-39-43(25-34)52-42-24-29(5)41(47-31-12-10-30(46)11-13-31)26-40(42)45(39)38-9-7-6-8-37(38)44(49)53-45/h6-28,47H,1-5H3. The number of ether oxygens (including phenoxy) is 4. The highest BCUT2D eigenvalue weighted by Gasteiger charge is 2.53. The topological polar surface area (TPSA) is 69.3 Å². The molecule has 0 aromatic heterocycles. The fourth-order valence-electron chi connectivity index (χ4n) is 7.11. The van der Waals surface area contributed by atoms with Crippen molar-refractivity contribution in [3.63, 3.8) is 0 Å². The van der Waals surface area contributed by atoms with Gasteiger partial charge in [-0.1, -0.05) is 29.8 Å². The average molecular weight is 723 g/mol. The molecule has 2 aliphatic rings. The fourth-order valence-corrected chi connectivity index (χ4v) is 7.24. The molecule has 0 amide bonds. The first-order valence-electron chi connectivity index (χ1n) is 17.8. The van der Waals surface area contributed by atoms with E-state index in [1.165, 1.54) is 0 Å². The number of carbonyl (C=O) groups is 1. The number of hydrogen-bond donors (Lipinski definition) is 1. The number of nitrogens with one attached hydrogen (secondary N) is 1. The van der Waals surface area contributed by atoms with Crippen LogP contribution in [0.1, 0.15) is 60.3 Å². The van der Waals surface area contributed by atoms with Gasteiger partial charge in [0.05, 0.1) is 17.8 Å². The number of esters is 1. The molecule has 0 aliphatic carbocycles. The molecule has 0 radical (unpaired) electrons.